The lowest BCUT2D eigenvalue weighted by molar-refractivity contribution is -0.122. The molecule has 6 heteroatoms. The minimum absolute atomic E-state index is 0.187. The topological polar surface area (TPSA) is 67.4 Å². The highest BCUT2D eigenvalue weighted by molar-refractivity contribution is 6.31. The molecule has 2 aromatic rings. The number of hydrogen-bond donors (Lipinski definition) is 2. The molecule has 0 saturated heterocycles. The highest BCUT2D eigenvalue weighted by Crippen LogP contribution is 2.22. The van der Waals surface area contributed by atoms with Crippen LogP contribution >= 0.6 is 11.6 Å². The average Bonchev–Trinajstić information content (AvgIpc) is 3.20. The minimum Gasteiger partial charge on any atom is -0.489 e. The van der Waals surface area contributed by atoms with Crippen molar-refractivity contribution < 1.29 is 14.3 Å². The van der Waals surface area contributed by atoms with Crippen molar-refractivity contribution in [2.24, 2.45) is 5.92 Å². The molecule has 28 heavy (non-hydrogen) atoms. The van der Waals surface area contributed by atoms with Crippen molar-refractivity contribution in [1.82, 2.24) is 10.9 Å². The second-order valence-corrected chi connectivity index (χ2v) is 7.28. The van der Waals surface area contributed by atoms with Gasteiger partial charge in [0.25, 0.3) is 5.91 Å². The predicted molar refractivity (Wildman–Crippen MR) is 109 cm³/mol. The van der Waals surface area contributed by atoms with E-state index in [2.05, 4.69) is 16.9 Å². The first-order valence-electron chi connectivity index (χ1n) is 9.25. The zero-order valence-electron chi connectivity index (χ0n) is 15.7. The lowest BCUT2D eigenvalue weighted by atomic mass is 10.1. The van der Waals surface area contributed by atoms with Gasteiger partial charge in [0, 0.05) is 17.0 Å². The summed E-state index contributed by atoms with van der Waals surface area (Å²) >= 11 is 6.01. The minimum atomic E-state index is -0.351. The molecule has 0 heterocycles. The van der Waals surface area contributed by atoms with Gasteiger partial charge in [-0.1, -0.05) is 35.9 Å². The number of carbonyl (C=O) groups is 2. The van der Waals surface area contributed by atoms with Gasteiger partial charge >= 0.3 is 0 Å². The summed E-state index contributed by atoms with van der Waals surface area (Å²) in [5.74, 6) is 0.466. The van der Waals surface area contributed by atoms with E-state index in [-0.39, 0.29) is 17.7 Å². The molecule has 2 N–H and O–H groups in total. The molecule has 5 nitrogen and oxygen atoms in total. The van der Waals surface area contributed by atoms with E-state index >= 15 is 0 Å². The summed E-state index contributed by atoms with van der Waals surface area (Å²) < 4.78 is 5.75. The van der Waals surface area contributed by atoms with Crippen molar-refractivity contribution in [1.29, 1.82) is 0 Å². The molecule has 0 saturated carbocycles. The van der Waals surface area contributed by atoms with E-state index in [1.807, 2.05) is 37.3 Å². The molecule has 0 aromatic heterocycles. The Morgan fingerprint density at radius 1 is 1.14 bits per heavy atom. The smallest absolute Gasteiger partial charge is 0.269 e. The fourth-order valence-corrected chi connectivity index (χ4v) is 3.10. The average molecular weight is 399 g/mol. The molecule has 0 spiro atoms. The van der Waals surface area contributed by atoms with Crippen LogP contribution in [-0.4, -0.2) is 11.8 Å². The van der Waals surface area contributed by atoms with Gasteiger partial charge in [-0.25, -0.2) is 0 Å². The highest BCUT2D eigenvalue weighted by Gasteiger charge is 2.14. The molecule has 2 amide bonds. The quantitative estimate of drug-likeness (QED) is 0.561. The molecule has 0 radical (unpaired) electrons. The van der Waals surface area contributed by atoms with E-state index in [1.165, 1.54) is 0 Å². The van der Waals surface area contributed by atoms with Crippen molar-refractivity contribution in [3.63, 3.8) is 0 Å². The number of halogens is 1. The molecule has 0 bridgehead atoms. The summed E-state index contributed by atoms with van der Waals surface area (Å²) in [4.78, 5) is 24.0. The third-order valence-corrected chi connectivity index (χ3v) is 5.05. The highest BCUT2D eigenvalue weighted by atomic mass is 35.5. The standard InChI is InChI=1S/C22H23ClN2O3/c1-15-12-19(10-11-20(15)23)28-14-17-6-8-18(9-7-17)22(27)25-24-21(26)13-16-4-2-3-5-16/h2,4,6-12,16H,3,5,13-14H2,1H3,(H,24,26)(H,25,27). The number of allylic oxidation sites excluding steroid dienone is 2. The van der Waals surface area contributed by atoms with E-state index in [9.17, 15) is 9.59 Å². The van der Waals surface area contributed by atoms with Crippen molar-refractivity contribution >= 4 is 23.4 Å². The van der Waals surface area contributed by atoms with Gasteiger partial charge in [-0.3, -0.25) is 20.4 Å². The Morgan fingerprint density at radius 3 is 2.61 bits per heavy atom. The fourth-order valence-electron chi connectivity index (χ4n) is 2.98. The van der Waals surface area contributed by atoms with Gasteiger partial charge in [-0.15, -0.1) is 0 Å². The first-order chi connectivity index (χ1) is 13.5. The van der Waals surface area contributed by atoms with Crippen LogP contribution in [0.1, 0.15) is 40.7 Å². The molecule has 1 unspecified atom stereocenters. The second-order valence-electron chi connectivity index (χ2n) is 6.87. The van der Waals surface area contributed by atoms with Crippen LogP contribution in [0.2, 0.25) is 5.02 Å². The Hall–Kier alpha value is -2.79. The summed E-state index contributed by atoms with van der Waals surface area (Å²) in [6, 6.07) is 12.6. The lowest BCUT2D eigenvalue weighted by Crippen LogP contribution is -2.42. The molecule has 2 aromatic carbocycles. The van der Waals surface area contributed by atoms with Gasteiger partial charge in [-0.2, -0.15) is 0 Å². The summed E-state index contributed by atoms with van der Waals surface area (Å²) in [5, 5.41) is 0.703. The first-order valence-corrected chi connectivity index (χ1v) is 9.63. The molecule has 1 aliphatic rings. The van der Waals surface area contributed by atoms with Crippen LogP contribution in [0, 0.1) is 12.8 Å². The van der Waals surface area contributed by atoms with Crippen molar-refractivity contribution in [3.05, 3.63) is 76.3 Å². The van der Waals surface area contributed by atoms with Crippen molar-refractivity contribution in [3.8, 4) is 5.75 Å². The predicted octanol–water partition coefficient (Wildman–Crippen LogP) is 4.34. The Kier molecular flexibility index (Phi) is 6.71. The number of aryl methyl sites for hydroxylation is 1. The van der Waals surface area contributed by atoms with Gasteiger partial charge in [0.1, 0.15) is 12.4 Å². The van der Waals surface area contributed by atoms with Crippen LogP contribution in [0.25, 0.3) is 0 Å². The van der Waals surface area contributed by atoms with E-state index in [0.717, 1.165) is 29.7 Å². The maximum absolute atomic E-state index is 12.2. The number of benzene rings is 2. The molecule has 0 aliphatic heterocycles. The van der Waals surface area contributed by atoms with Gasteiger partial charge in [0.05, 0.1) is 0 Å². The second kappa shape index (κ2) is 9.42. The monoisotopic (exact) mass is 398 g/mol. The number of amides is 2. The van der Waals surface area contributed by atoms with Gasteiger partial charge in [0.2, 0.25) is 5.91 Å². The van der Waals surface area contributed by atoms with Crippen LogP contribution in [-0.2, 0) is 11.4 Å². The zero-order valence-corrected chi connectivity index (χ0v) is 16.5. The van der Waals surface area contributed by atoms with Crippen LogP contribution in [0.5, 0.6) is 5.75 Å². The molecule has 146 valence electrons. The molecule has 3 rings (SSSR count). The van der Waals surface area contributed by atoms with E-state index in [4.69, 9.17) is 16.3 Å². The van der Waals surface area contributed by atoms with E-state index < -0.39 is 0 Å². The number of carbonyl (C=O) groups excluding carboxylic acids is 2. The summed E-state index contributed by atoms with van der Waals surface area (Å²) in [5.41, 5.74) is 7.28. The van der Waals surface area contributed by atoms with Gasteiger partial charge in [-0.05, 0) is 67.1 Å². The number of rotatable bonds is 6. The molecule has 0 fully saturated rings. The number of nitrogens with one attached hydrogen (secondary N) is 2. The molecular weight excluding hydrogens is 376 g/mol. The largest absolute Gasteiger partial charge is 0.489 e. The normalized spacial score (nSPS) is 15.3. The van der Waals surface area contributed by atoms with Crippen LogP contribution in [0.15, 0.2) is 54.6 Å². The van der Waals surface area contributed by atoms with E-state index in [0.29, 0.717) is 23.6 Å². The summed E-state index contributed by atoms with van der Waals surface area (Å²) in [6.45, 7) is 2.31. The molecule has 1 atom stereocenters. The summed E-state index contributed by atoms with van der Waals surface area (Å²) in [6.07, 6.45) is 6.51. The Bertz CT molecular complexity index is 878. The van der Waals surface area contributed by atoms with Crippen LogP contribution in [0.4, 0.5) is 0 Å². The Labute approximate surface area is 169 Å². The first kappa shape index (κ1) is 20.0. The zero-order chi connectivity index (χ0) is 19.9. The maximum atomic E-state index is 12.2. The number of hydrazine groups is 1. The van der Waals surface area contributed by atoms with Crippen LogP contribution < -0.4 is 15.6 Å². The number of hydrogen-bond acceptors (Lipinski definition) is 3. The lowest BCUT2D eigenvalue weighted by Gasteiger charge is -2.11. The molecule has 1 aliphatic carbocycles. The van der Waals surface area contributed by atoms with Gasteiger partial charge < -0.3 is 4.74 Å². The number of ether oxygens (including phenoxy) is 1. The van der Waals surface area contributed by atoms with E-state index in [1.54, 1.807) is 18.2 Å². The SMILES string of the molecule is Cc1cc(OCc2ccc(C(=O)NNC(=O)CC3C=CCC3)cc2)ccc1Cl. The van der Waals surface area contributed by atoms with Crippen molar-refractivity contribution in [2.45, 2.75) is 32.8 Å². The third-order valence-electron chi connectivity index (χ3n) is 4.63. The summed E-state index contributed by atoms with van der Waals surface area (Å²) in [7, 11) is 0. The van der Waals surface area contributed by atoms with Crippen molar-refractivity contribution in [2.75, 3.05) is 0 Å². The third kappa shape index (κ3) is 5.60. The maximum Gasteiger partial charge on any atom is 0.269 e. The van der Waals surface area contributed by atoms with Crippen LogP contribution in [0.3, 0.4) is 0 Å². The molecular formula is C22H23ClN2O3. The fraction of sp³-hybridized carbons (Fsp3) is 0.273. The van der Waals surface area contributed by atoms with Gasteiger partial charge in [0.15, 0.2) is 0 Å². The Balaban J connectivity index is 1.46. The Morgan fingerprint density at radius 2 is 1.93 bits per heavy atom.